The molecule has 0 bridgehead atoms. The van der Waals surface area contributed by atoms with E-state index < -0.39 is 121 Å². The number of ether oxygens (including phenoxy) is 10. The third-order valence-electron chi connectivity index (χ3n) is 6.17. The Labute approximate surface area is 273 Å². The standard InChI is InChI=1S/C28H38O18S/c1-11(29)37-9-19-21(39-13(3)31)23(41-15(5)33)24(42-16(6)34)28(46-19)47-26-22(40-14(4)32)20(10-38-12(2)30)45-27(44-18(8)36)25(26)43-17(7)35/h19-28H,9-10H2,1-8H3/t19-,20-,21-,22-,23+,24-,25-,26+,27-,28+/m1/s1. The summed E-state index contributed by atoms with van der Waals surface area (Å²) < 4.78 is 54.8. The van der Waals surface area contributed by atoms with Crippen molar-refractivity contribution in [3.05, 3.63) is 0 Å². The molecule has 0 spiro atoms. The molecule has 2 fully saturated rings. The van der Waals surface area contributed by atoms with E-state index in [0.717, 1.165) is 55.4 Å². The van der Waals surface area contributed by atoms with Gasteiger partial charge in [-0.25, -0.2) is 0 Å². The summed E-state index contributed by atoms with van der Waals surface area (Å²) in [6.07, 6.45) is -11.8. The minimum Gasteiger partial charge on any atom is -0.463 e. The van der Waals surface area contributed by atoms with Crippen molar-refractivity contribution in [2.24, 2.45) is 0 Å². The third-order valence-corrected chi connectivity index (χ3v) is 7.67. The first-order valence-electron chi connectivity index (χ1n) is 14.2. The normalized spacial score (nSPS) is 30.0. The van der Waals surface area contributed by atoms with E-state index in [2.05, 4.69) is 0 Å². The monoisotopic (exact) mass is 694 g/mol. The molecule has 264 valence electrons. The van der Waals surface area contributed by atoms with E-state index in [0.29, 0.717) is 11.8 Å². The number of esters is 8. The number of carbonyl (C=O) groups excluding carboxylic acids is 8. The molecule has 0 unspecified atom stereocenters. The van der Waals surface area contributed by atoms with Crippen LogP contribution in [0, 0.1) is 0 Å². The fourth-order valence-electron chi connectivity index (χ4n) is 4.73. The van der Waals surface area contributed by atoms with Crippen LogP contribution in [0.1, 0.15) is 55.4 Å². The minimum absolute atomic E-state index is 0.520. The molecule has 2 rings (SSSR count). The molecule has 18 nitrogen and oxygen atoms in total. The zero-order chi connectivity index (χ0) is 35.6. The smallest absolute Gasteiger partial charge is 0.305 e. The van der Waals surface area contributed by atoms with Gasteiger partial charge in [-0.1, -0.05) is 0 Å². The predicted molar refractivity (Wildman–Crippen MR) is 152 cm³/mol. The van der Waals surface area contributed by atoms with Crippen molar-refractivity contribution >= 4 is 59.5 Å². The maximum Gasteiger partial charge on any atom is 0.305 e. The fraction of sp³-hybridized carbons (Fsp3) is 0.714. The minimum atomic E-state index is -1.65. The number of thioether (sulfide) groups is 1. The van der Waals surface area contributed by atoms with Gasteiger partial charge in [0.15, 0.2) is 24.4 Å². The van der Waals surface area contributed by atoms with Crippen molar-refractivity contribution in [3.63, 3.8) is 0 Å². The number of rotatable bonds is 12. The van der Waals surface area contributed by atoms with E-state index in [1.807, 2.05) is 0 Å². The second-order valence-corrected chi connectivity index (χ2v) is 11.6. The van der Waals surface area contributed by atoms with E-state index in [-0.39, 0.29) is 0 Å². The summed E-state index contributed by atoms with van der Waals surface area (Å²) in [6, 6.07) is 0. The fourth-order valence-corrected chi connectivity index (χ4v) is 6.34. The molecule has 2 saturated heterocycles. The molecule has 0 aromatic heterocycles. The molecular formula is C28H38O18S. The molecule has 0 saturated carbocycles. The van der Waals surface area contributed by atoms with Crippen LogP contribution in [-0.4, -0.2) is 121 Å². The molecule has 0 amide bonds. The van der Waals surface area contributed by atoms with Gasteiger partial charge in [0.25, 0.3) is 0 Å². The Morgan fingerprint density at radius 3 is 1.28 bits per heavy atom. The molecule has 0 radical (unpaired) electrons. The SMILES string of the molecule is CC(=O)OC[C@H]1O[C@@H](S[C@@H]2[C@@H](OC(C)=O)[C@H](OC(C)=O)O[C@H](COC(C)=O)[C@H]2OC(C)=O)[C@H](OC(C)=O)[C@@H](OC(C)=O)[C@@H]1OC(C)=O. The Morgan fingerprint density at radius 1 is 0.447 bits per heavy atom. The molecule has 2 aliphatic heterocycles. The summed E-state index contributed by atoms with van der Waals surface area (Å²) in [6.45, 7) is 7.48. The van der Waals surface area contributed by atoms with E-state index in [1.54, 1.807) is 0 Å². The molecular weight excluding hydrogens is 656 g/mol. The first-order valence-corrected chi connectivity index (χ1v) is 15.1. The number of hydrogen-bond donors (Lipinski definition) is 0. The largest absolute Gasteiger partial charge is 0.463 e. The van der Waals surface area contributed by atoms with Gasteiger partial charge in [-0.05, 0) is 0 Å². The molecule has 2 aliphatic rings. The lowest BCUT2D eigenvalue weighted by Gasteiger charge is -2.48. The zero-order valence-corrected chi connectivity index (χ0v) is 27.8. The highest BCUT2D eigenvalue weighted by molar-refractivity contribution is 8.00. The highest BCUT2D eigenvalue weighted by atomic mass is 32.2. The highest BCUT2D eigenvalue weighted by Crippen LogP contribution is 2.42. The van der Waals surface area contributed by atoms with Gasteiger partial charge in [0.05, 0.1) is 5.25 Å². The third kappa shape index (κ3) is 12.3. The van der Waals surface area contributed by atoms with Gasteiger partial charge >= 0.3 is 47.8 Å². The van der Waals surface area contributed by atoms with Crippen LogP contribution in [0.25, 0.3) is 0 Å². The molecule has 0 aliphatic carbocycles. The van der Waals surface area contributed by atoms with Crippen LogP contribution in [0.2, 0.25) is 0 Å². The second kappa shape index (κ2) is 17.8. The van der Waals surface area contributed by atoms with E-state index in [1.165, 1.54) is 0 Å². The molecule has 19 heteroatoms. The van der Waals surface area contributed by atoms with Crippen LogP contribution in [0.15, 0.2) is 0 Å². The quantitative estimate of drug-likeness (QED) is 0.192. The molecule has 10 atom stereocenters. The summed E-state index contributed by atoms with van der Waals surface area (Å²) in [5, 5.41) is -1.30. The van der Waals surface area contributed by atoms with E-state index >= 15 is 0 Å². The summed E-state index contributed by atoms with van der Waals surface area (Å²) >= 11 is 0.712. The van der Waals surface area contributed by atoms with Crippen LogP contribution < -0.4 is 0 Å². The van der Waals surface area contributed by atoms with Crippen molar-refractivity contribution in [1.29, 1.82) is 0 Å². The summed E-state index contributed by atoms with van der Waals surface area (Å²) in [4.78, 5) is 96.7. The maximum absolute atomic E-state index is 12.3. The van der Waals surface area contributed by atoms with Gasteiger partial charge in [-0.3, -0.25) is 38.4 Å². The first-order chi connectivity index (χ1) is 21.9. The van der Waals surface area contributed by atoms with Gasteiger partial charge in [0.2, 0.25) is 6.29 Å². The van der Waals surface area contributed by atoms with Gasteiger partial charge in [0, 0.05) is 55.4 Å². The Balaban J connectivity index is 2.75. The molecule has 2 heterocycles. The molecule has 0 aromatic rings. The lowest BCUT2D eigenvalue weighted by atomic mass is 9.99. The van der Waals surface area contributed by atoms with Gasteiger partial charge in [-0.2, -0.15) is 0 Å². The van der Waals surface area contributed by atoms with Crippen LogP contribution in [0.3, 0.4) is 0 Å². The number of carbonyl (C=O) groups is 8. The Morgan fingerprint density at radius 2 is 0.830 bits per heavy atom. The van der Waals surface area contributed by atoms with Gasteiger partial charge < -0.3 is 47.4 Å². The van der Waals surface area contributed by atoms with Crippen molar-refractivity contribution < 1.29 is 85.7 Å². The van der Waals surface area contributed by atoms with Crippen LogP contribution in [-0.2, 0) is 85.7 Å². The van der Waals surface area contributed by atoms with Gasteiger partial charge in [0.1, 0.15) is 37.0 Å². The molecule has 0 N–H and O–H groups in total. The van der Waals surface area contributed by atoms with E-state index in [9.17, 15) is 38.4 Å². The topological polar surface area (TPSA) is 229 Å². The molecule has 0 aromatic carbocycles. The second-order valence-electron chi connectivity index (χ2n) is 10.3. The van der Waals surface area contributed by atoms with Crippen molar-refractivity contribution in [2.45, 2.75) is 115 Å². The summed E-state index contributed by atoms with van der Waals surface area (Å²) in [5.41, 5.74) is -1.44. The van der Waals surface area contributed by atoms with Crippen LogP contribution in [0.5, 0.6) is 0 Å². The van der Waals surface area contributed by atoms with E-state index in [4.69, 9.17) is 47.4 Å². The Bertz CT molecular complexity index is 1200. The maximum atomic E-state index is 12.3. The van der Waals surface area contributed by atoms with Gasteiger partial charge in [-0.15, -0.1) is 11.8 Å². The van der Waals surface area contributed by atoms with Crippen molar-refractivity contribution in [2.75, 3.05) is 13.2 Å². The Hall–Kier alpha value is -3.97. The number of hydrogen-bond acceptors (Lipinski definition) is 19. The lowest BCUT2D eigenvalue weighted by molar-refractivity contribution is -0.268. The van der Waals surface area contributed by atoms with Crippen LogP contribution in [0.4, 0.5) is 0 Å². The lowest BCUT2D eigenvalue weighted by Crippen LogP contribution is -2.64. The van der Waals surface area contributed by atoms with Crippen LogP contribution >= 0.6 is 11.8 Å². The first kappa shape index (κ1) is 39.2. The highest BCUT2D eigenvalue weighted by Gasteiger charge is 2.57. The molecule has 47 heavy (non-hydrogen) atoms. The average molecular weight is 695 g/mol. The Kier molecular flexibility index (Phi) is 14.9. The van der Waals surface area contributed by atoms with Crippen molar-refractivity contribution in [1.82, 2.24) is 0 Å². The average Bonchev–Trinajstić information content (AvgIpc) is 2.91. The zero-order valence-electron chi connectivity index (χ0n) is 26.9. The predicted octanol–water partition coefficient (Wildman–Crippen LogP) is -0.114. The van der Waals surface area contributed by atoms with Crippen molar-refractivity contribution in [3.8, 4) is 0 Å². The summed E-state index contributed by atoms with van der Waals surface area (Å²) in [5.74, 6) is -6.65. The summed E-state index contributed by atoms with van der Waals surface area (Å²) in [7, 11) is 0.